The van der Waals surface area contributed by atoms with Gasteiger partial charge < -0.3 is 10.1 Å². The van der Waals surface area contributed by atoms with Gasteiger partial charge in [0.15, 0.2) is 0 Å². The third-order valence-electron chi connectivity index (χ3n) is 5.23. The number of ether oxygens (including phenoxy) is 1. The van der Waals surface area contributed by atoms with E-state index in [1.165, 1.54) is 4.31 Å². The predicted octanol–water partition coefficient (Wildman–Crippen LogP) is 2.08. The molecule has 0 aliphatic carbocycles. The number of para-hydroxylation sites is 2. The minimum Gasteiger partial charge on any atom is -0.495 e. The van der Waals surface area contributed by atoms with Crippen LogP contribution in [0.25, 0.3) is 0 Å². The average Bonchev–Trinajstić information content (AvgIpc) is 2.94. The number of nitrogens with zero attached hydrogens (tertiary/aromatic N) is 3. The molecule has 1 amide bonds. The monoisotopic (exact) mass is 406 g/mol. The van der Waals surface area contributed by atoms with E-state index in [1.54, 1.807) is 44.8 Å². The first-order valence-electron chi connectivity index (χ1n) is 9.20. The van der Waals surface area contributed by atoms with E-state index in [1.807, 2.05) is 12.1 Å². The highest BCUT2D eigenvalue weighted by atomic mass is 32.2. The van der Waals surface area contributed by atoms with Crippen LogP contribution in [0.15, 0.2) is 29.2 Å². The molecule has 8 nitrogen and oxygen atoms in total. The number of nitrogens with one attached hydrogen (secondary N) is 1. The zero-order chi connectivity index (χ0) is 20.5. The Morgan fingerprint density at radius 1 is 1.21 bits per heavy atom. The number of carbonyl (C=O) groups excluding carboxylic acids is 1. The summed E-state index contributed by atoms with van der Waals surface area (Å²) in [6.07, 6.45) is 0.942. The molecular weight excluding hydrogens is 380 g/mol. The second-order valence-corrected chi connectivity index (χ2v) is 8.87. The lowest BCUT2D eigenvalue weighted by Crippen LogP contribution is -2.41. The van der Waals surface area contributed by atoms with E-state index in [0.29, 0.717) is 48.8 Å². The molecule has 0 bridgehead atoms. The second-order valence-electron chi connectivity index (χ2n) is 6.99. The summed E-state index contributed by atoms with van der Waals surface area (Å²) >= 11 is 0. The van der Waals surface area contributed by atoms with Gasteiger partial charge in [-0.15, -0.1) is 0 Å². The molecule has 3 rings (SSSR count). The van der Waals surface area contributed by atoms with Gasteiger partial charge in [-0.1, -0.05) is 12.1 Å². The molecule has 0 saturated carbocycles. The first-order chi connectivity index (χ1) is 13.3. The van der Waals surface area contributed by atoms with E-state index >= 15 is 0 Å². The number of carbonyl (C=O) groups is 1. The topological polar surface area (TPSA) is 93.5 Å². The molecule has 1 aromatic heterocycles. The fourth-order valence-corrected chi connectivity index (χ4v) is 5.47. The summed E-state index contributed by atoms with van der Waals surface area (Å²) in [6.45, 7) is 4.06. The first-order valence-corrected chi connectivity index (χ1v) is 10.6. The van der Waals surface area contributed by atoms with Crippen LogP contribution in [0.4, 0.5) is 5.69 Å². The maximum Gasteiger partial charge on any atom is 0.246 e. The largest absolute Gasteiger partial charge is 0.495 e. The zero-order valence-electron chi connectivity index (χ0n) is 16.6. The summed E-state index contributed by atoms with van der Waals surface area (Å²) in [6, 6.07) is 7.22. The third kappa shape index (κ3) is 3.77. The van der Waals surface area contributed by atoms with Crippen molar-refractivity contribution in [2.45, 2.75) is 31.6 Å². The predicted molar refractivity (Wildman–Crippen MR) is 106 cm³/mol. The van der Waals surface area contributed by atoms with E-state index in [2.05, 4.69) is 10.4 Å². The van der Waals surface area contributed by atoms with Crippen LogP contribution in [0, 0.1) is 19.8 Å². The zero-order valence-corrected chi connectivity index (χ0v) is 17.4. The lowest BCUT2D eigenvalue weighted by atomic mass is 9.97. The smallest absolute Gasteiger partial charge is 0.246 e. The number of hydrogen-bond donors (Lipinski definition) is 1. The van der Waals surface area contributed by atoms with Crippen LogP contribution < -0.4 is 10.1 Å². The van der Waals surface area contributed by atoms with E-state index in [4.69, 9.17) is 4.74 Å². The third-order valence-corrected chi connectivity index (χ3v) is 7.38. The number of hydrogen-bond acceptors (Lipinski definition) is 5. The van der Waals surface area contributed by atoms with Gasteiger partial charge in [-0.3, -0.25) is 9.48 Å². The first kappa shape index (κ1) is 20.3. The number of rotatable bonds is 5. The van der Waals surface area contributed by atoms with Gasteiger partial charge in [-0.25, -0.2) is 8.42 Å². The SMILES string of the molecule is COc1ccccc1NC(=O)C1CCN(S(=O)(=O)c2c(C)nn(C)c2C)CC1. The van der Waals surface area contributed by atoms with Crippen LogP contribution in [-0.2, 0) is 21.9 Å². The summed E-state index contributed by atoms with van der Waals surface area (Å²) in [5, 5.41) is 7.11. The molecule has 0 radical (unpaired) electrons. The van der Waals surface area contributed by atoms with Gasteiger partial charge in [0, 0.05) is 26.1 Å². The molecule has 0 atom stereocenters. The maximum absolute atomic E-state index is 13.0. The van der Waals surface area contributed by atoms with Gasteiger partial charge >= 0.3 is 0 Å². The summed E-state index contributed by atoms with van der Waals surface area (Å²) in [5.74, 6) is 0.237. The standard InChI is InChI=1S/C19H26N4O4S/c1-13-18(14(2)22(3)21-13)28(25,26)23-11-9-15(10-12-23)19(24)20-16-7-5-6-8-17(16)27-4/h5-8,15H,9-12H2,1-4H3,(H,20,24). The van der Waals surface area contributed by atoms with Crippen molar-refractivity contribution >= 4 is 21.6 Å². The van der Waals surface area contributed by atoms with Gasteiger partial charge in [0.05, 0.1) is 24.2 Å². The normalized spacial score (nSPS) is 16.1. The summed E-state index contributed by atoms with van der Waals surface area (Å²) in [5.41, 5.74) is 1.73. The molecule has 1 N–H and O–H groups in total. The van der Waals surface area contributed by atoms with Crippen molar-refractivity contribution in [2.75, 3.05) is 25.5 Å². The Balaban J connectivity index is 1.68. The molecule has 1 fully saturated rings. The minimum atomic E-state index is -3.62. The summed E-state index contributed by atoms with van der Waals surface area (Å²) < 4.78 is 34.4. The maximum atomic E-state index is 13.0. The van der Waals surface area contributed by atoms with Crippen molar-refractivity contribution in [3.05, 3.63) is 35.7 Å². The lowest BCUT2D eigenvalue weighted by Gasteiger charge is -2.30. The molecule has 9 heteroatoms. The number of benzene rings is 1. The Morgan fingerprint density at radius 2 is 1.86 bits per heavy atom. The molecule has 0 unspecified atom stereocenters. The number of amides is 1. The van der Waals surface area contributed by atoms with Crippen LogP contribution in [0.5, 0.6) is 5.75 Å². The van der Waals surface area contributed by atoms with E-state index < -0.39 is 10.0 Å². The fourth-order valence-electron chi connectivity index (χ4n) is 3.60. The highest BCUT2D eigenvalue weighted by molar-refractivity contribution is 7.89. The second kappa shape index (κ2) is 7.92. The Morgan fingerprint density at radius 3 is 2.43 bits per heavy atom. The molecule has 2 aromatic rings. The Labute approximate surface area is 165 Å². The van der Waals surface area contributed by atoms with Crippen LogP contribution >= 0.6 is 0 Å². The van der Waals surface area contributed by atoms with Gasteiger partial charge in [0.2, 0.25) is 15.9 Å². The fraction of sp³-hybridized carbons (Fsp3) is 0.474. The highest BCUT2D eigenvalue weighted by Crippen LogP contribution is 2.29. The lowest BCUT2D eigenvalue weighted by molar-refractivity contribution is -0.120. The van der Waals surface area contributed by atoms with Gasteiger partial charge in [0.25, 0.3) is 0 Å². The summed E-state index contributed by atoms with van der Waals surface area (Å²) in [4.78, 5) is 12.9. The molecule has 1 aliphatic rings. The van der Waals surface area contributed by atoms with E-state index in [-0.39, 0.29) is 16.7 Å². The molecule has 1 aliphatic heterocycles. The number of methoxy groups -OCH3 is 1. The van der Waals surface area contributed by atoms with Crippen LogP contribution in [0.3, 0.4) is 0 Å². The highest BCUT2D eigenvalue weighted by Gasteiger charge is 2.35. The van der Waals surface area contributed by atoms with Gasteiger partial charge in [-0.2, -0.15) is 9.40 Å². The van der Waals surface area contributed by atoms with Crippen molar-refractivity contribution in [3.63, 3.8) is 0 Å². The number of sulfonamides is 1. The molecule has 0 spiro atoms. The van der Waals surface area contributed by atoms with E-state index in [9.17, 15) is 13.2 Å². The number of anilines is 1. The van der Waals surface area contributed by atoms with Crippen molar-refractivity contribution in [2.24, 2.45) is 13.0 Å². The molecule has 152 valence electrons. The van der Waals surface area contributed by atoms with Gasteiger partial charge in [-0.05, 0) is 38.8 Å². The Hall–Kier alpha value is -2.39. The molecule has 28 heavy (non-hydrogen) atoms. The van der Waals surface area contributed by atoms with E-state index in [0.717, 1.165) is 0 Å². The quantitative estimate of drug-likeness (QED) is 0.821. The van der Waals surface area contributed by atoms with Crippen molar-refractivity contribution < 1.29 is 17.9 Å². The van der Waals surface area contributed by atoms with Crippen molar-refractivity contribution in [1.82, 2.24) is 14.1 Å². The number of aryl methyl sites for hydroxylation is 2. The van der Waals surface area contributed by atoms with Crippen LogP contribution in [0.2, 0.25) is 0 Å². The minimum absolute atomic E-state index is 0.115. The Kier molecular flexibility index (Phi) is 5.76. The molecule has 1 aromatic carbocycles. The molecule has 1 saturated heterocycles. The molecular formula is C19H26N4O4S. The summed E-state index contributed by atoms with van der Waals surface area (Å²) in [7, 11) is -0.339. The van der Waals surface area contributed by atoms with Crippen molar-refractivity contribution in [3.8, 4) is 5.75 Å². The van der Waals surface area contributed by atoms with Crippen LogP contribution in [0.1, 0.15) is 24.2 Å². The van der Waals surface area contributed by atoms with Crippen LogP contribution in [-0.4, -0.2) is 48.6 Å². The number of aromatic nitrogens is 2. The van der Waals surface area contributed by atoms with Crippen molar-refractivity contribution in [1.29, 1.82) is 0 Å². The van der Waals surface area contributed by atoms with Gasteiger partial charge in [0.1, 0.15) is 10.6 Å². The average molecular weight is 407 g/mol. The molecule has 2 heterocycles. The Bertz CT molecular complexity index is 976. The number of piperidine rings is 1.